The molecule has 0 heterocycles. The second kappa shape index (κ2) is 8.98. The van der Waals surface area contributed by atoms with Gasteiger partial charge in [-0.25, -0.2) is 4.79 Å². The van der Waals surface area contributed by atoms with E-state index in [-0.39, 0.29) is 17.2 Å². The number of hydrogen-bond acceptors (Lipinski definition) is 6. The number of hydrogen-bond donors (Lipinski definition) is 1. The molecule has 28 heavy (non-hydrogen) atoms. The van der Waals surface area contributed by atoms with Gasteiger partial charge in [-0.2, -0.15) is 0 Å². The fraction of sp³-hybridized carbons (Fsp3) is 0.300. The number of nitro groups is 1. The number of nitrogens with zero attached hydrogens (tertiary/aromatic N) is 1. The van der Waals surface area contributed by atoms with E-state index in [1.165, 1.54) is 26.2 Å². The maximum Gasteiger partial charge on any atom is 0.338 e. The Morgan fingerprint density at radius 1 is 1.11 bits per heavy atom. The maximum absolute atomic E-state index is 12.5. The molecular formula is C20H22N2O6. The quantitative estimate of drug-likeness (QED) is 0.439. The van der Waals surface area contributed by atoms with Gasteiger partial charge >= 0.3 is 11.7 Å². The molecule has 8 heteroatoms. The van der Waals surface area contributed by atoms with Gasteiger partial charge in [-0.1, -0.05) is 32.0 Å². The van der Waals surface area contributed by atoms with Crippen LogP contribution in [-0.4, -0.2) is 30.0 Å². The minimum Gasteiger partial charge on any atom is -0.474 e. The second-order valence-electron chi connectivity index (χ2n) is 6.42. The van der Waals surface area contributed by atoms with Crippen LogP contribution in [-0.2, 0) is 9.53 Å². The summed E-state index contributed by atoms with van der Waals surface area (Å²) in [7, 11) is 1.18. The van der Waals surface area contributed by atoms with Crippen molar-refractivity contribution in [3.8, 4) is 5.75 Å². The third-order valence-electron chi connectivity index (χ3n) is 4.09. The van der Waals surface area contributed by atoms with E-state index in [0.29, 0.717) is 5.69 Å². The summed E-state index contributed by atoms with van der Waals surface area (Å²) in [5, 5.41) is 14.1. The highest BCUT2D eigenvalue weighted by Crippen LogP contribution is 2.30. The van der Waals surface area contributed by atoms with Crippen LogP contribution in [0.4, 0.5) is 11.4 Å². The van der Waals surface area contributed by atoms with Gasteiger partial charge in [-0.3, -0.25) is 14.9 Å². The molecular weight excluding hydrogens is 364 g/mol. The third kappa shape index (κ3) is 4.85. The number of nitro benzene ring substituents is 1. The molecule has 0 spiro atoms. The van der Waals surface area contributed by atoms with Gasteiger partial charge in [-0.05, 0) is 36.6 Å². The topological polar surface area (TPSA) is 108 Å². The molecule has 0 saturated carbocycles. The molecule has 0 aliphatic heterocycles. The maximum atomic E-state index is 12.5. The molecule has 0 saturated heterocycles. The Morgan fingerprint density at radius 2 is 1.79 bits per heavy atom. The molecule has 0 aromatic heterocycles. The van der Waals surface area contributed by atoms with Crippen molar-refractivity contribution in [1.29, 1.82) is 0 Å². The lowest BCUT2D eigenvalue weighted by Gasteiger charge is -2.18. The summed E-state index contributed by atoms with van der Waals surface area (Å²) in [4.78, 5) is 34.7. The second-order valence-corrected chi connectivity index (χ2v) is 6.42. The van der Waals surface area contributed by atoms with E-state index in [4.69, 9.17) is 4.74 Å². The molecule has 0 bridgehead atoms. The Morgan fingerprint density at radius 3 is 2.39 bits per heavy atom. The monoisotopic (exact) mass is 386 g/mol. The van der Waals surface area contributed by atoms with Crippen molar-refractivity contribution in [2.75, 3.05) is 12.4 Å². The Labute approximate surface area is 162 Å². The standard InChI is InChI=1S/C20H22N2O6/c1-12(2)15-7-5-6-8-16(15)21-19(23)13(3)28-18-10-9-14(20(24)27-4)11-17(18)22(25)26/h5-13H,1-4H3,(H,21,23)/t13-/m0/s1. The minimum atomic E-state index is -0.997. The van der Waals surface area contributed by atoms with Crippen LogP contribution in [0.3, 0.4) is 0 Å². The molecule has 1 atom stereocenters. The SMILES string of the molecule is COC(=O)c1ccc(O[C@@H](C)C(=O)Nc2ccccc2C(C)C)c([N+](=O)[O-])c1. The summed E-state index contributed by atoms with van der Waals surface area (Å²) < 4.78 is 10.1. The largest absolute Gasteiger partial charge is 0.474 e. The molecule has 0 unspecified atom stereocenters. The fourth-order valence-corrected chi connectivity index (χ4v) is 2.60. The van der Waals surface area contributed by atoms with Gasteiger partial charge in [0.05, 0.1) is 17.6 Å². The number of ether oxygens (including phenoxy) is 2. The van der Waals surface area contributed by atoms with Crippen LogP contribution in [0.1, 0.15) is 42.6 Å². The van der Waals surface area contributed by atoms with Gasteiger partial charge in [0.1, 0.15) is 0 Å². The van der Waals surface area contributed by atoms with Crippen LogP contribution in [0, 0.1) is 10.1 Å². The molecule has 8 nitrogen and oxygen atoms in total. The Hall–Kier alpha value is -3.42. The number of benzene rings is 2. The summed E-state index contributed by atoms with van der Waals surface area (Å²) in [6, 6.07) is 11.1. The van der Waals surface area contributed by atoms with Crippen molar-refractivity contribution in [2.24, 2.45) is 0 Å². The predicted molar refractivity (Wildman–Crippen MR) is 104 cm³/mol. The fourth-order valence-electron chi connectivity index (χ4n) is 2.60. The summed E-state index contributed by atoms with van der Waals surface area (Å²) in [5.41, 5.74) is 1.22. The molecule has 2 aromatic rings. The van der Waals surface area contributed by atoms with Crippen molar-refractivity contribution in [3.05, 3.63) is 63.7 Å². The first-order valence-corrected chi connectivity index (χ1v) is 8.67. The van der Waals surface area contributed by atoms with E-state index >= 15 is 0 Å². The molecule has 0 aliphatic carbocycles. The molecule has 1 N–H and O–H groups in total. The first kappa shape index (κ1) is 20.9. The van der Waals surface area contributed by atoms with Gasteiger partial charge < -0.3 is 14.8 Å². The highest BCUT2D eigenvalue weighted by Gasteiger charge is 2.24. The van der Waals surface area contributed by atoms with E-state index in [0.717, 1.165) is 11.6 Å². The summed E-state index contributed by atoms with van der Waals surface area (Å²) in [6.07, 6.45) is -0.997. The molecule has 2 aromatic carbocycles. The minimum absolute atomic E-state index is 0.0181. The number of rotatable bonds is 7. The predicted octanol–water partition coefficient (Wildman–Crippen LogP) is 3.91. The normalized spacial score (nSPS) is 11.6. The lowest BCUT2D eigenvalue weighted by molar-refractivity contribution is -0.386. The van der Waals surface area contributed by atoms with Gasteiger partial charge in [-0.15, -0.1) is 0 Å². The van der Waals surface area contributed by atoms with Crippen molar-refractivity contribution >= 4 is 23.3 Å². The van der Waals surface area contributed by atoms with Crippen LogP contribution >= 0.6 is 0 Å². The number of para-hydroxylation sites is 1. The highest BCUT2D eigenvalue weighted by molar-refractivity contribution is 5.95. The zero-order valence-corrected chi connectivity index (χ0v) is 16.1. The molecule has 0 fully saturated rings. The number of carbonyl (C=O) groups is 2. The van der Waals surface area contributed by atoms with Gasteiger partial charge in [0.2, 0.25) is 0 Å². The summed E-state index contributed by atoms with van der Waals surface area (Å²) in [5.74, 6) is -1.05. The van der Waals surface area contributed by atoms with E-state index < -0.39 is 28.6 Å². The van der Waals surface area contributed by atoms with Gasteiger partial charge in [0, 0.05) is 11.8 Å². The van der Waals surface area contributed by atoms with Crippen molar-refractivity contribution < 1.29 is 24.0 Å². The van der Waals surface area contributed by atoms with Crippen LogP contribution in [0.25, 0.3) is 0 Å². The molecule has 1 amide bonds. The zero-order valence-electron chi connectivity index (χ0n) is 16.1. The zero-order chi connectivity index (χ0) is 20.8. The van der Waals surface area contributed by atoms with E-state index in [1.54, 1.807) is 6.07 Å². The Bertz CT molecular complexity index is 894. The smallest absolute Gasteiger partial charge is 0.338 e. The molecule has 0 aliphatic rings. The molecule has 0 radical (unpaired) electrons. The van der Waals surface area contributed by atoms with Gasteiger partial charge in [0.15, 0.2) is 11.9 Å². The van der Waals surface area contributed by atoms with Crippen molar-refractivity contribution in [3.63, 3.8) is 0 Å². The summed E-state index contributed by atoms with van der Waals surface area (Å²) >= 11 is 0. The van der Waals surface area contributed by atoms with E-state index in [1.807, 2.05) is 32.0 Å². The number of methoxy groups -OCH3 is 1. The third-order valence-corrected chi connectivity index (χ3v) is 4.09. The number of anilines is 1. The molecule has 148 valence electrons. The number of amides is 1. The average Bonchev–Trinajstić information content (AvgIpc) is 2.67. The van der Waals surface area contributed by atoms with Crippen molar-refractivity contribution in [1.82, 2.24) is 0 Å². The van der Waals surface area contributed by atoms with Crippen LogP contribution in [0.5, 0.6) is 5.75 Å². The summed E-state index contributed by atoms with van der Waals surface area (Å²) in [6.45, 7) is 5.51. The lowest BCUT2D eigenvalue weighted by atomic mass is 10.0. The Balaban J connectivity index is 2.20. The van der Waals surface area contributed by atoms with E-state index in [9.17, 15) is 19.7 Å². The highest BCUT2D eigenvalue weighted by atomic mass is 16.6. The van der Waals surface area contributed by atoms with Crippen LogP contribution < -0.4 is 10.1 Å². The van der Waals surface area contributed by atoms with Crippen LogP contribution in [0.15, 0.2) is 42.5 Å². The molecule has 2 rings (SSSR count). The Kier molecular flexibility index (Phi) is 6.70. The first-order chi connectivity index (χ1) is 13.2. The number of carbonyl (C=O) groups excluding carboxylic acids is 2. The van der Waals surface area contributed by atoms with Crippen molar-refractivity contribution in [2.45, 2.75) is 32.8 Å². The van der Waals surface area contributed by atoms with E-state index in [2.05, 4.69) is 10.1 Å². The average molecular weight is 386 g/mol. The van der Waals surface area contributed by atoms with Gasteiger partial charge in [0.25, 0.3) is 5.91 Å². The first-order valence-electron chi connectivity index (χ1n) is 8.67. The van der Waals surface area contributed by atoms with Crippen LogP contribution in [0.2, 0.25) is 0 Å². The number of esters is 1. The number of nitrogens with one attached hydrogen (secondary N) is 1. The lowest BCUT2D eigenvalue weighted by Crippen LogP contribution is -2.30.